The lowest BCUT2D eigenvalue weighted by molar-refractivity contribution is 0.0746. The molecule has 37 heavy (non-hydrogen) atoms. The maximum atomic E-state index is 13.3. The van der Waals surface area contributed by atoms with Crippen LogP contribution in [0, 0.1) is 13.8 Å². The first-order valence-electron chi connectivity index (χ1n) is 12.3. The Morgan fingerprint density at radius 1 is 0.946 bits per heavy atom. The molecule has 1 aromatic heterocycles. The fraction of sp³-hybridized carbons (Fsp3) is 0.276. The molecule has 5 rings (SSSR count). The van der Waals surface area contributed by atoms with Gasteiger partial charge in [0, 0.05) is 55.4 Å². The van der Waals surface area contributed by atoms with E-state index in [4.69, 9.17) is 9.47 Å². The van der Waals surface area contributed by atoms with Crippen molar-refractivity contribution in [2.45, 2.75) is 20.3 Å². The van der Waals surface area contributed by atoms with E-state index in [1.54, 1.807) is 7.11 Å². The number of rotatable bonds is 7. The summed E-state index contributed by atoms with van der Waals surface area (Å²) in [7, 11) is 1.67. The van der Waals surface area contributed by atoms with Crippen molar-refractivity contribution < 1.29 is 14.3 Å². The number of benzene rings is 3. The van der Waals surface area contributed by atoms with Gasteiger partial charge in [-0.2, -0.15) is 9.36 Å². The number of methoxy groups -OCH3 is 1. The van der Waals surface area contributed by atoms with Crippen molar-refractivity contribution in [3.63, 3.8) is 0 Å². The third kappa shape index (κ3) is 5.91. The first-order chi connectivity index (χ1) is 18.0. The van der Waals surface area contributed by atoms with Crippen molar-refractivity contribution >= 4 is 23.1 Å². The molecule has 3 aromatic carbocycles. The van der Waals surface area contributed by atoms with E-state index in [0.717, 1.165) is 41.5 Å². The van der Waals surface area contributed by atoms with Crippen molar-refractivity contribution in [1.29, 1.82) is 0 Å². The summed E-state index contributed by atoms with van der Waals surface area (Å²) in [5.74, 6) is 2.20. The highest BCUT2D eigenvalue weighted by molar-refractivity contribution is 7.07. The van der Waals surface area contributed by atoms with Gasteiger partial charge in [-0.05, 0) is 61.4 Å². The molecule has 4 aromatic rings. The van der Waals surface area contributed by atoms with E-state index in [-0.39, 0.29) is 5.91 Å². The molecule has 0 saturated carbocycles. The zero-order chi connectivity index (χ0) is 25.8. The smallest absolute Gasteiger partial charge is 0.298 e. The molecule has 0 atom stereocenters. The van der Waals surface area contributed by atoms with Crippen LogP contribution in [-0.2, 0) is 6.42 Å². The van der Waals surface area contributed by atoms with Crippen LogP contribution < -0.4 is 14.4 Å². The minimum atomic E-state index is 0.0107. The van der Waals surface area contributed by atoms with Gasteiger partial charge in [0.15, 0.2) is 5.82 Å². The Morgan fingerprint density at radius 3 is 2.38 bits per heavy atom. The van der Waals surface area contributed by atoms with Crippen LogP contribution in [0.3, 0.4) is 0 Å². The monoisotopic (exact) mass is 514 g/mol. The van der Waals surface area contributed by atoms with E-state index in [1.807, 2.05) is 42.2 Å². The molecule has 2 heterocycles. The normalized spacial score (nSPS) is 13.5. The zero-order valence-corrected chi connectivity index (χ0v) is 22.1. The number of anilines is 1. The van der Waals surface area contributed by atoms with Gasteiger partial charge in [0.05, 0.1) is 7.11 Å². The quantitative estimate of drug-likeness (QED) is 0.324. The summed E-state index contributed by atoms with van der Waals surface area (Å²) in [5, 5.41) is 0.475. The molecule has 0 bridgehead atoms. The van der Waals surface area contributed by atoms with Crippen LogP contribution >= 0.6 is 11.5 Å². The minimum absolute atomic E-state index is 0.0107. The third-order valence-corrected chi connectivity index (χ3v) is 7.20. The molecule has 1 aliphatic rings. The molecule has 190 valence electrons. The second-order valence-corrected chi connectivity index (χ2v) is 9.91. The number of carbonyl (C=O) groups excluding carboxylic acids is 1. The molecule has 1 fully saturated rings. The van der Waals surface area contributed by atoms with E-state index in [0.29, 0.717) is 36.0 Å². The Labute approximate surface area is 221 Å². The molecule has 1 saturated heterocycles. The van der Waals surface area contributed by atoms with E-state index in [1.165, 1.54) is 17.1 Å². The van der Waals surface area contributed by atoms with Crippen molar-refractivity contribution in [2.24, 2.45) is 0 Å². The number of amides is 1. The van der Waals surface area contributed by atoms with Crippen LogP contribution in [0.25, 0.3) is 0 Å². The fourth-order valence-electron chi connectivity index (χ4n) is 4.32. The summed E-state index contributed by atoms with van der Waals surface area (Å²) in [5.41, 5.74) is 5.07. The molecule has 0 N–H and O–H groups in total. The number of ether oxygens (including phenoxy) is 2. The van der Waals surface area contributed by atoms with Gasteiger partial charge >= 0.3 is 0 Å². The summed E-state index contributed by atoms with van der Waals surface area (Å²) >= 11 is 1.23. The second-order valence-electron chi connectivity index (χ2n) is 9.20. The van der Waals surface area contributed by atoms with Crippen LogP contribution in [0.2, 0.25) is 0 Å². The number of piperazine rings is 1. The molecular formula is C29H30N4O3S. The Hall–Kier alpha value is -3.91. The first-order valence-corrected chi connectivity index (χ1v) is 13.1. The average Bonchev–Trinajstić information content (AvgIpc) is 3.37. The SMILES string of the molecule is COc1ccc(N2CCN(C(=O)c3ccc(C)c(Oc4nc(Cc5ccc(C)cc5)ns4)c3)CC2)cc1. The average molecular weight is 515 g/mol. The molecule has 0 spiro atoms. The number of nitrogens with zero attached hydrogens (tertiary/aromatic N) is 4. The Bertz CT molecular complexity index is 1360. The Morgan fingerprint density at radius 2 is 1.68 bits per heavy atom. The summed E-state index contributed by atoms with van der Waals surface area (Å²) in [4.78, 5) is 22.0. The van der Waals surface area contributed by atoms with Gasteiger partial charge in [0.25, 0.3) is 11.1 Å². The highest BCUT2D eigenvalue weighted by atomic mass is 32.1. The van der Waals surface area contributed by atoms with Crippen LogP contribution in [0.4, 0.5) is 5.69 Å². The van der Waals surface area contributed by atoms with Crippen LogP contribution in [0.15, 0.2) is 66.7 Å². The summed E-state index contributed by atoms with van der Waals surface area (Å²) in [6.45, 7) is 6.91. The van der Waals surface area contributed by atoms with Crippen molar-refractivity contribution in [2.75, 3.05) is 38.2 Å². The predicted octanol–water partition coefficient (Wildman–Crippen LogP) is 5.51. The lowest BCUT2D eigenvalue weighted by atomic mass is 10.1. The third-order valence-electron chi connectivity index (χ3n) is 6.57. The molecule has 0 unspecified atom stereocenters. The number of hydrogen-bond donors (Lipinski definition) is 0. The van der Waals surface area contributed by atoms with Gasteiger partial charge in [-0.25, -0.2) is 0 Å². The number of hydrogen-bond acceptors (Lipinski definition) is 7. The van der Waals surface area contributed by atoms with Gasteiger partial charge in [0.1, 0.15) is 11.5 Å². The molecule has 1 aliphatic heterocycles. The van der Waals surface area contributed by atoms with Crippen molar-refractivity contribution in [1.82, 2.24) is 14.3 Å². The standard InChI is InChI=1S/C29H30N4O3S/c1-20-4-7-22(8-5-20)18-27-30-29(37-31-27)36-26-19-23(9-6-21(26)2)28(34)33-16-14-32(15-17-33)24-10-12-25(35-3)13-11-24/h4-13,19H,14-18H2,1-3H3. The molecule has 7 nitrogen and oxygen atoms in total. The van der Waals surface area contributed by atoms with Gasteiger partial charge in [-0.3, -0.25) is 4.79 Å². The van der Waals surface area contributed by atoms with Crippen molar-refractivity contribution in [3.05, 3.63) is 94.8 Å². The molecule has 0 aliphatic carbocycles. The lowest BCUT2D eigenvalue weighted by Gasteiger charge is -2.36. The number of aromatic nitrogens is 2. The predicted molar refractivity (Wildman–Crippen MR) is 146 cm³/mol. The summed E-state index contributed by atoms with van der Waals surface area (Å²) in [6, 6.07) is 22.0. The molecule has 8 heteroatoms. The second kappa shape index (κ2) is 11.0. The van der Waals surface area contributed by atoms with Gasteiger partial charge in [0.2, 0.25) is 0 Å². The summed E-state index contributed by atoms with van der Waals surface area (Å²) < 4.78 is 15.8. The highest BCUT2D eigenvalue weighted by Gasteiger charge is 2.23. The summed E-state index contributed by atoms with van der Waals surface area (Å²) in [6.07, 6.45) is 0.653. The zero-order valence-electron chi connectivity index (χ0n) is 21.3. The van der Waals surface area contributed by atoms with Gasteiger partial charge in [-0.15, -0.1) is 0 Å². The van der Waals surface area contributed by atoms with E-state index in [2.05, 4.69) is 57.6 Å². The molecule has 0 radical (unpaired) electrons. The Balaban J connectivity index is 1.21. The molecular weight excluding hydrogens is 484 g/mol. The van der Waals surface area contributed by atoms with E-state index in [9.17, 15) is 4.79 Å². The first kappa shape index (κ1) is 24.8. The van der Waals surface area contributed by atoms with Crippen LogP contribution in [0.1, 0.15) is 32.9 Å². The minimum Gasteiger partial charge on any atom is -0.497 e. The maximum Gasteiger partial charge on any atom is 0.298 e. The fourth-order valence-corrected chi connectivity index (χ4v) is 4.88. The van der Waals surface area contributed by atoms with E-state index >= 15 is 0 Å². The van der Waals surface area contributed by atoms with Gasteiger partial charge in [-0.1, -0.05) is 35.9 Å². The molecule has 1 amide bonds. The van der Waals surface area contributed by atoms with Crippen LogP contribution in [0.5, 0.6) is 16.7 Å². The lowest BCUT2D eigenvalue weighted by Crippen LogP contribution is -2.48. The van der Waals surface area contributed by atoms with Gasteiger partial charge < -0.3 is 19.3 Å². The topological polar surface area (TPSA) is 67.8 Å². The highest BCUT2D eigenvalue weighted by Crippen LogP contribution is 2.29. The van der Waals surface area contributed by atoms with E-state index < -0.39 is 0 Å². The number of carbonyl (C=O) groups is 1. The largest absolute Gasteiger partial charge is 0.497 e. The Kier molecular flexibility index (Phi) is 7.37. The van der Waals surface area contributed by atoms with Crippen molar-refractivity contribution in [3.8, 4) is 16.7 Å². The maximum absolute atomic E-state index is 13.3. The van der Waals surface area contributed by atoms with Crippen LogP contribution in [-0.4, -0.2) is 53.5 Å². The number of aryl methyl sites for hydroxylation is 2.